The largest absolute Gasteiger partial charge is 0.496 e. The van der Waals surface area contributed by atoms with Gasteiger partial charge in [0.05, 0.1) is 19.0 Å². The van der Waals surface area contributed by atoms with E-state index < -0.39 is 0 Å². The molecule has 0 aliphatic heterocycles. The molecule has 5 nitrogen and oxygen atoms in total. The van der Waals surface area contributed by atoms with E-state index in [2.05, 4.69) is 41.4 Å². The van der Waals surface area contributed by atoms with Crippen molar-refractivity contribution in [2.45, 2.75) is 19.8 Å². The van der Waals surface area contributed by atoms with E-state index in [4.69, 9.17) is 10.6 Å². The van der Waals surface area contributed by atoms with E-state index in [0.717, 1.165) is 17.0 Å². The molecule has 1 aromatic carbocycles. The van der Waals surface area contributed by atoms with Crippen molar-refractivity contribution in [1.29, 1.82) is 0 Å². The van der Waals surface area contributed by atoms with Crippen molar-refractivity contribution in [3.8, 4) is 17.0 Å². The molecule has 0 atom stereocenters. The normalized spacial score (nSPS) is 10.7. The van der Waals surface area contributed by atoms with Gasteiger partial charge in [0.2, 0.25) is 5.95 Å². The molecular formula is C13H18N4O. The molecule has 18 heavy (non-hydrogen) atoms. The molecule has 0 aliphatic rings. The molecule has 0 fully saturated rings. The quantitative estimate of drug-likeness (QED) is 0.572. The van der Waals surface area contributed by atoms with E-state index in [-0.39, 0.29) is 0 Å². The Morgan fingerprint density at radius 2 is 2.17 bits per heavy atom. The van der Waals surface area contributed by atoms with Gasteiger partial charge < -0.3 is 9.72 Å². The number of hydrazine groups is 1. The highest BCUT2D eigenvalue weighted by atomic mass is 16.5. The lowest BCUT2D eigenvalue weighted by atomic mass is 9.99. The van der Waals surface area contributed by atoms with Gasteiger partial charge in [0, 0.05) is 5.56 Å². The molecule has 0 saturated heterocycles. The van der Waals surface area contributed by atoms with Gasteiger partial charge in [-0.2, -0.15) is 0 Å². The van der Waals surface area contributed by atoms with Crippen LogP contribution in [-0.2, 0) is 0 Å². The van der Waals surface area contributed by atoms with Crippen LogP contribution in [0.2, 0.25) is 0 Å². The Morgan fingerprint density at radius 3 is 2.72 bits per heavy atom. The number of ether oxygens (including phenoxy) is 1. The number of nitrogens with one attached hydrogen (secondary N) is 2. The number of nitrogens with zero attached hydrogens (tertiary/aromatic N) is 1. The van der Waals surface area contributed by atoms with Crippen molar-refractivity contribution in [3.63, 3.8) is 0 Å². The van der Waals surface area contributed by atoms with Crippen LogP contribution in [-0.4, -0.2) is 17.1 Å². The third-order valence-electron chi connectivity index (χ3n) is 2.89. The van der Waals surface area contributed by atoms with Gasteiger partial charge in [0.25, 0.3) is 0 Å². The van der Waals surface area contributed by atoms with Gasteiger partial charge in [-0.05, 0) is 23.6 Å². The summed E-state index contributed by atoms with van der Waals surface area (Å²) in [5.41, 5.74) is 5.60. The first-order valence-corrected chi connectivity index (χ1v) is 5.85. The second-order valence-electron chi connectivity index (χ2n) is 4.40. The highest BCUT2D eigenvalue weighted by molar-refractivity contribution is 5.69. The highest BCUT2D eigenvalue weighted by Gasteiger charge is 2.11. The van der Waals surface area contributed by atoms with Crippen LogP contribution in [0.4, 0.5) is 5.95 Å². The second-order valence-corrected chi connectivity index (χ2v) is 4.40. The van der Waals surface area contributed by atoms with Gasteiger partial charge in [-0.15, -0.1) is 0 Å². The monoisotopic (exact) mass is 246 g/mol. The zero-order valence-electron chi connectivity index (χ0n) is 10.8. The number of hydrogen-bond donors (Lipinski definition) is 3. The zero-order chi connectivity index (χ0) is 13.1. The minimum absolute atomic E-state index is 0.463. The summed E-state index contributed by atoms with van der Waals surface area (Å²) in [5, 5.41) is 0. The first kappa shape index (κ1) is 12.4. The third kappa shape index (κ3) is 2.31. The molecule has 96 valence electrons. The summed E-state index contributed by atoms with van der Waals surface area (Å²) in [6.07, 6.45) is 1.73. The van der Waals surface area contributed by atoms with Gasteiger partial charge in [0.1, 0.15) is 5.75 Å². The van der Waals surface area contributed by atoms with Crippen molar-refractivity contribution in [2.75, 3.05) is 12.5 Å². The maximum Gasteiger partial charge on any atom is 0.215 e. The second kappa shape index (κ2) is 5.10. The van der Waals surface area contributed by atoms with E-state index in [1.807, 2.05) is 6.07 Å². The number of H-pyrrole nitrogens is 1. The fourth-order valence-electron chi connectivity index (χ4n) is 1.83. The number of anilines is 1. The van der Waals surface area contributed by atoms with Crippen molar-refractivity contribution in [2.24, 2.45) is 5.84 Å². The van der Waals surface area contributed by atoms with Crippen LogP contribution in [0.15, 0.2) is 24.4 Å². The first-order chi connectivity index (χ1) is 8.65. The molecular weight excluding hydrogens is 228 g/mol. The van der Waals surface area contributed by atoms with Gasteiger partial charge in [-0.3, -0.25) is 5.43 Å². The van der Waals surface area contributed by atoms with Crippen LogP contribution in [0, 0.1) is 0 Å². The fraction of sp³-hybridized carbons (Fsp3) is 0.308. The molecule has 0 radical (unpaired) electrons. The van der Waals surface area contributed by atoms with Gasteiger partial charge in [-0.1, -0.05) is 19.9 Å². The van der Waals surface area contributed by atoms with Crippen LogP contribution in [0.1, 0.15) is 25.3 Å². The summed E-state index contributed by atoms with van der Waals surface area (Å²) in [6.45, 7) is 4.32. The molecule has 0 aliphatic carbocycles. The molecule has 0 spiro atoms. The summed E-state index contributed by atoms with van der Waals surface area (Å²) < 4.78 is 5.38. The summed E-state index contributed by atoms with van der Waals surface area (Å²) in [7, 11) is 1.66. The molecule has 2 aromatic rings. The maximum atomic E-state index is 5.38. The fourth-order valence-corrected chi connectivity index (χ4v) is 1.83. The predicted octanol–water partition coefficient (Wildman–Crippen LogP) is 2.49. The topological polar surface area (TPSA) is 76.0 Å². The number of aromatic amines is 1. The first-order valence-electron chi connectivity index (χ1n) is 5.85. The van der Waals surface area contributed by atoms with Crippen LogP contribution >= 0.6 is 0 Å². The lowest BCUT2D eigenvalue weighted by Crippen LogP contribution is -2.07. The molecule has 2 rings (SSSR count). The average molecular weight is 246 g/mol. The number of methoxy groups -OCH3 is 1. The Morgan fingerprint density at radius 1 is 1.39 bits per heavy atom. The number of nitrogen functional groups attached to an aromatic ring is 1. The van der Waals surface area contributed by atoms with Crippen molar-refractivity contribution in [3.05, 3.63) is 30.0 Å². The molecule has 1 aromatic heterocycles. The number of nitrogens with two attached hydrogens (primary N) is 1. The smallest absolute Gasteiger partial charge is 0.215 e. The molecule has 0 saturated carbocycles. The van der Waals surface area contributed by atoms with E-state index in [1.165, 1.54) is 5.56 Å². The summed E-state index contributed by atoms with van der Waals surface area (Å²) >= 11 is 0. The summed E-state index contributed by atoms with van der Waals surface area (Å²) in [4.78, 5) is 7.21. The molecule has 0 bridgehead atoms. The molecule has 5 heteroatoms. The van der Waals surface area contributed by atoms with Gasteiger partial charge >= 0.3 is 0 Å². The molecule has 4 N–H and O–H groups in total. The van der Waals surface area contributed by atoms with Crippen molar-refractivity contribution >= 4 is 5.95 Å². The number of rotatable bonds is 4. The molecule has 0 unspecified atom stereocenters. The van der Waals surface area contributed by atoms with E-state index in [9.17, 15) is 0 Å². The minimum Gasteiger partial charge on any atom is -0.496 e. The number of hydrogen-bond acceptors (Lipinski definition) is 4. The Hall–Kier alpha value is -2.01. The van der Waals surface area contributed by atoms with Crippen LogP contribution in [0.25, 0.3) is 11.3 Å². The number of aromatic nitrogens is 2. The zero-order valence-corrected chi connectivity index (χ0v) is 10.8. The van der Waals surface area contributed by atoms with Crippen LogP contribution in [0.5, 0.6) is 5.75 Å². The van der Waals surface area contributed by atoms with E-state index in [1.54, 1.807) is 13.3 Å². The summed E-state index contributed by atoms with van der Waals surface area (Å²) in [6, 6.07) is 6.16. The van der Waals surface area contributed by atoms with E-state index in [0.29, 0.717) is 11.9 Å². The van der Waals surface area contributed by atoms with Gasteiger partial charge in [-0.25, -0.2) is 10.8 Å². The molecule has 0 amide bonds. The highest BCUT2D eigenvalue weighted by Crippen LogP contribution is 2.32. The Bertz CT molecular complexity index is 534. The Labute approximate surface area is 106 Å². The SMILES string of the molecule is COc1ccc(C(C)C)cc1-c1cnc(NN)[nH]1. The van der Waals surface area contributed by atoms with Crippen LogP contribution in [0.3, 0.4) is 0 Å². The molecule has 1 heterocycles. The lowest BCUT2D eigenvalue weighted by molar-refractivity contribution is 0.416. The predicted molar refractivity (Wildman–Crippen MR) is 72.5 cm³/mol. The summed E-state index contributed by atoms with van der Waals surface area (Å²) in [5.74, 6) is 7.12. The Balaban J connectivity index is 2.49. The van der Waals surface area contributed by atoms with Gasteiger partial charge in [0.15, 0.2) is 0 Å². The standard InChI is InChI=1S/C13H18N4O/c1-8(2)9-4-5-12(18-3)10(6-9)11-7-15-13(16-11)17-14/h4-8H,14H2,1-3H3,(H2,15,16,17). The number of imidazole rings is 1. The van der Waals surface area contributed by atoms with Crippen LogP contribution < -0.4 is 16.0 Å². The average Bonchev–Trinajstić information content (AvgIpc) is 2.86. The number of benzene rings is 1. The maximum absolute atomic E-state index is 5.38. The third-order valence-corrected chi connectivity index (χ3v) is 2.89. The van der Waals surface area contributed by atoms with E-state index >= 15 is 0 Å². The lowest BCUT2D eigenvalue weighted by Gasteiger charge is -2.11. The van der Waals surface area contributed by atoms with Crippen molar-refractivity contribution in [1.82, 2.24) is 9.97 Å². The Kier molecular flexibility index (Phi) is 3.53. The minimum atomic E-state index is 0.463. The van der Waals surface area contributed by atoms with Crippen molar-refractivity contribution < 1.29 is 4.74 Å².